The highest BCUT2D eigenvalue weighted by molar-refractivity contribution is 9.11. The Kier molecular flexibility index (Phi) is 4.44. The average Bonchev–Trinajstić information content (AvgIpc) is 2.75. The molecule has 1 N–H and O–H groups in total. The summed E-state index contributed by atoms with van der Waals surface area (Å²) in [6, 6.07) is 8.19. The van der Waals surface area contributed by atoms with Crippen LogP contribution in [0.3, 0.4) is 0 Å². The van der Waals surface area contributed by atoms with Gasteiger partial charge >= 0.3 is 0 Å². The fourth-order valence-corrected chi connectivity index (χ4v) is 4.02. The van der Waals surface area contributed by atoms with E-state index in [4.69, 9.17) is 5.26 Å². The number of nitrogens with zero attached hydrogens (tertiary/aromatic N) is 1. The predicted molar refractivity (Wildman–Crippen MR) is 82.9 cm³/mol. The maximum absolute atomic E-state index is 8.78. The van der Waals surface area contributed by atoms with Gasteiger partial charge in [-0.15, -0.1) is 11.3 Å². The largest absolute Gasteiger partial charge is 0.378 e. The number of nitrogens with one attached hydrogen (secondary N) is 1. The lowest BCUT2D eigenvalue weighted by Crippen LogP contribution is -1.99. The van der Waals surface area contributed by atoms with Gasteiger partial charge in [0.15, 0.2) is 0 Å². The topological polar surface area (TPSA) is 35.8 Å². The number of hydrogen-bond donors (Lipinski definition) is 1. The summed E-state index contributed by atoms with van der Waals surface area (Å²) in [5.41, 5.74) is 2.95. The van der Waals surface area contributed by atoms with Gasteiger partial charge in [-0.1, -0.05) is 0 Å². The summed E-state index contributed by atoms with van der Waals surface area (Å²) in [5, 5.41) is 14.0. The van der Waals surface area contributed by atoms with Crippen LogP contribution in [0.25, 0.3) is 0 Å². The van der Waals surface area contributed by atoms with Crippen molar-refractivity contribution in [3.63, 3.8) is 0 Å². The van der Waals surface area contributed by atoms with Crippen LogP contribution in [0.5, 0.6) is 0 Å². The van der Waals surface area contributed by atoms with Gasteiger partial charge < -0.3 is 5.32 Å². The summed E-state index contributed by atoms with van der Waals surface area (Å²) in [6.45, 7) is 2.77. The van der Waals surface area contributed by atoms with Crippen LogP contribution >= 0.6 is 43.2 Å². The molecular weight excluding hydrogens is 376 g/mol. The second-order valence-corrected chi connectivity index (χ2v) is 6.58. The first-order valence-electron chi connectivity index (χ1n) is 5.27. The number of rotatable bonds is 3. The Bertz CT molecular complexity index is 591. The van der Waals surface area contributed by atoms with Gasteiger partial charge in [-0.3, -0.25) is 0 Å². The fraction of sp³-hybridized carbons (Fsp3) is 0.154. The third-order valence-corrected chi connectivity index (χ3v) is 4.60. The minimum Gasteiger partial charge on any atom is -0.378 e. The maximum Gasteiger partial charge on any atom is 0.100 e. The Morgan fingerprint density at radius 2 is 1.94 bits per heavy atom. The molecule has 0 aliphatic rings. The average molecular weight is 386 g/mol. The standard InChI is InChI=1S/C13H10Br2N2S/c1-8-2-11(14)13(12(15)3-8)17-6-10-4-9(5-16)7-18-10/h2-4,7,17H,6H2,1H3. The number of halogens is 2. The Labute approximate surface area is 127 Å². The Balaban J connectivity index is 2.13. The third kappa shape index (κ3) is 3.14. The van der Waals surface area contributed by atoms with Gasteiger partial charge in [-0.05, 0) is 62.5 Å². The van der Waals surface area contributed by atoms with Crippen LogP contribution < -0.4 is 5.32 Å². The lowest BCUT2D eigenvalue weighted by molar-refractivity contribution is 1.18. The second kappa shape index (κ2) is 5.87. The zero-order chi connectivity index (χ0) is 13.1. The minimum absolute atomic E-state index is 0.715. The summed E-state index contributed by atoms with van der Waals surface area (Å²) in [5.74, 6) is 0. The number of anilines is 1. The van der Waals surface area contributed by atoms with E-state index in [2.05, 4.69) is 62.3 Å². The highest BCUT2D eigenvalue weighted by Gasteiger charge is 2.06. The highest BCUT2D eigenvalue weighted by atomic mass is 79.9. The van der Waals surface area contributed by atoms with E-state index in [-0.39, 0.29) is 0 Å². The second-order valence-electron chi connectivity index (χ2n) is 3.87. The molecule has 2 nitrogen and oxygen atoms in total. The summed E-state index contributed by atoms with van der Waals surface area (Å²) in [4.78, 5) is 1.14. The molecule has 0 spiro atoms. The number of thiophene rings is 1. The van der Waals surface area contributed by atoms with E-state index < -0.39 is 0 Å². The lowest BCUT2D eigenvalue weighted by Gasteiger charge is -2.10. The molecule has 5 heteroatoms. The van der Waals surface area contributed by atoms with Crippen molar-refractivity contribution < 1.29 is 0 Å². The summed E-state index contributed by atoms with van der Waals surface area (Å²) >= 11 is 8.69. The van der Waals surface area contributed by atoms with Crippen molar-refractivity contribution in [3.8, 4) is 6.07 Å². The molecule has 92 valence electrons. The first kappa shape index (κ1) is 13.6. The predicted octanol–water partition coefficient (Wildman–Crippen LogP) is 5.07. The third-order valence-electron chi connectivity index (χ3n) is 2.41. The van der Waals surface area contributed by atoms with E-state index in [0.29, 0.717) is 6.54 Å². The van der Waals surface area contributed by atoms with Gasteiger partial charge in [-0.2, -0.15) is 5.26 Å². The summed E-state index contributed by atoms with van der Waals surface area (Å²) < 4.78 is 2.07. The Hall–Kier alpha value is -0.830. The monoisotopic (exact) mass is 384 g/mol. The van der Waals surface area contributed by atoms with Crippen molar-refractivity contribution in [1.82, 2.24) is 0 Å². The SMILES string of the molecule is Cc1cc(Br)c(NCc2cc(C#N)cs2)c(Br)c1. The van der Waals surface area contributed by atoms with Crippen LogP contribution in [0.1, 0.15) is 16.0 Å². The molecule has 0 saturated carbocycles. The highest BCUT2D eigenvalue weighted by Crippen LogP contribution is 2.32. The smallest absolute Gasteiger partial charge is 0.100 e. The van der Waals surface area contributed by atoms with E-state index in [9.17, 15) is 0 Å². The van der Waals surface area contributed by atoms with Crippen molar-refractivity contribution in [2.75, 3.05) is 5.32 Å². The first-order valence-corrected chi connectivity index (χ1v) is 7.73. The quantitative estimate of drug-likeness (QED) is 0.800. The van der Waals surface area contributed by atoms with E-state index in [1.54, 1.807) is 11.3 Å². The number of hydrogen-bond acceptors (Lipinski definition) is 3. The Morgan fingerprint density at radius 3 is 2.50 bits per heavy atom. The molecule has 0 amide bonds. The molecule has 0 unspecified atom stereocenters. The number of nitriles is 1. The van der Waals surface area contributed by atoms with Crippen LogP contribution in [0.15, 0.2) is 32.5 Å². The van der Waals surface area contributed by atoms with Gasteiger partial charge in [0.05, 0.1) is 11.3 Å². The normalized spacial score (nSPS) is 10.1. The molecule has 2 aromatic rings. The molecular formula is C13H10Br2N2S. The molecule has 1 aromatic heterocycles. The fourth-order valence-electron chi connectivity index (χ4n) is 1.58. The molecule has 0 aliphatic carbocycles. The molecule has 18 heavy (non-hydrogen) atoms. The molecule has 1 heterocycles. The Morgan fingerprint density at radius 1 is 1.28 bits per heavy atom. The van der Waals surface area contributed by atoms with Gasteiger partial charge in [0.25, 0.3) is 0 Å². The van der Waals surface area contributed by atoms with Gasteiger partial charge in [0, 0.05) is 25.7 Å². The minimum atomic E-state index is 0.715. The molecule has 0 fully saturated rings. The molecule has 1 aromatic carbocycles. The summed E-state index contributed by atoms with van der Waals surface area (Å²) in [7, 11) is 0. The van der Waals surface area contributed by atoms with Gasteiger partial charge in [0.2, 0.25) is 0 Å². The molecule has 2 rings (SSSR count). The van der Waals surface area contributed by atoms with Crippen molar-refractivity contribution in [2.24, 2.45) is 0 Å². The first-order chi connectivity index (χ1) is 8.60. The zero-order valence-corrected chi connectivity index (χ0v) is 13.6. The van der Waals surface area contributed by atoms with Crippen LogP contribution in [0.2, 0.25) is 0 Å². The molecule has 0 saturated heterocycles. The van der Waals surface area contributed by atoms with Crippen molar-refractivity contribution >= 4 is 48.9 Å². The molecule has 0 bridgehead atoms. The zero-order valence-electron chi connectivity index (χ0n) is 9.63. The summed E-state index contributed by atoms with van der Waals surface area (Å²) in [6.07, 6.45) is 0. The molecule has 0 aliphatic heterocycles. The van der Waals surface area contributed by atoms with Gasteiger partial charge in [-0.25, -0.2) is 0 Å². The molecule has 0 atom stereocenters. The van der Waals surface area contributed by atoms with Crippen molar-refractivity contribution in [2.45, 2.75) is 13.5 Å². The van der Waals surface area contributed by atoms with Crippen molar-refractivity contribution in [1.29, 1.82) is 5.26 Å². The van der Waals surface area contributed by atoms with E-state index >= 15 is 0 Å². The van der Waals surface area contributed by atoms with Gasteiger partial charge in [0.1, 0.15) is 6.07 Å². The van der Waals surface area contributed by atoms with E-state index in [1.807, 2.05) is 11.4 Å². The van der Waals surface area contributed by atoms with Crippen LogP contribution in [0, 0.1) is 18.3 Å². The van der Waals surface area contributed by atoms with Crippen LogP contribution in [0.4, 0.5) is 5.69 Å². The number of aryl methyl sites for hydroxylation is 1. The van der Waals surface area contributed by atoms with E-state index in [1.165, 1.54) is 5.56 Å². The van der Waals surface area contributed by atoms with E-state index in [0.717, 1.165) is 25.1 Å². The van der Waals surface area contributed by atoms with Crippen molar-refractivity contribution in [3.05, 3.63) is 48.5 Å². The maximum atomic E-state index is 8.78. The molecule has 0 radical (unpaired) electrons. The lowest BCUT2D eigenvalue weighted by atomic mass is 10.2. The van der Waals surface area contributed by atoms with Crippen LogP contribution in [-0.2, 0) is 6.54 Å². The number of benzene rings is 1. The van der Waals surface area contributed by atoms with Crippen LogP contribution in [-0.4, -0.2) is 0 Å².